The maximum absolute atomic E-state index is 12.2. The Kier molecular flexibility index (Phi) is 6.42. The number of alkyl halides is 1. The number of carboxylic acid groups (broad SMARTS) is 4. The highest BCUT2D eigenvalue weighted by Gasteiger charge is 2.20. The molecule has 0 aromatic carbocycles. The van der Waals surface area contributed by atoms with Gasteiger partial charge in [0.15, 0.2) is 6.80 Å². The molecule has 9 nitrogen and oxygen atoms in total. The molecule has 0 aliphatic carbocycles. The predicted octanol–water partition coefficient (Wildman–Crippen LogP) is -0.288. The number of carboxylic acids is 4. The van der Waals surface area contributed by atoms with Crippen LogP contribution >= 0.6 is 0 Å². The smallest absolute Gasteiger partial charge is 0.414 e. The van der Waals surface area contributed by atoms with Gasteiger partial charge in [0.2, 0.25) is 0 Å². The van der Waals surface area contributed by atoms with Crippen molar-refractivity contribution in [3.63, 3.8) is 0 Å². The van der Waals surface area contributed by atoms with Crippen LogP contribution in [0.4, 0.5) is 4.39 Å². The summed E-state index contributed by atoms with van der Waals surface area (Å²) in [4.78, 5) is 40.2. The molecule has 0 saturated carbocycles. The first-order valence-electron chi connectivity index (χ1n) is 4.85. The van der Waals surface area contributed by atoms with E-state index in [4.69, 9.17) is 30.0 Å². The Morgan fingerprint density at radius 2 is 1.30 bits per heavy atom. The lowest BCUT2D eigenvalue weighted by molar-refractivity contribution is -0.159. The third-order valence-corrected chi connectivity index (χ3v) is 1.89. The number of nitrogens with zero attached hydrogens (tertiary/aromatic N) is 1. The molecule has 0 aromatic rings. The summed E-state index contributed by atoms with van der Waals surface area (Å²) < 4.78 is 12.2. The van der Waals surface area contributed by atoms with Crippen molar-refractivity contribution in [2.45, 2.75) is 6.42 Å². The van der Waals surface area contributed by atoms with Gasteiger partial charge in [0.25, 0.3) is 0 Å². The van der Waals surface area contributed by atoms with Gasteiger partial charge < -0.3 is 25.3 Å². The molecule has 20 heavy (non-hydrogen) atoms. The molecular formula is C10H10FNO8. The molecule has 0 bridgehead atoms. The van der Waals surface area contributed by atoms with E-state index in [0.29, 0.717) is 0 Å². The quantitative estimate of drug-likeness (QED) is 0.406. The largest absolute Gasteiger partial charge is 0.478 e. The number of hydrogen-bond acceptors (Lipinski definition) is 5. The monoisotopic (exact) mass is 291 g/mol. The van der Waals surface area contributed by atoms with Gasteiger partial charge in [-0.15, -0.1) is 0 Å². The Hall–Kier alpha value is -2.91. The molecule has 0 aromatic heterocycles. The highest BCUT2D eigenvalue weighted by molar-refractivity contribution is 6.27. The molecule has 10 heteroatoms. The predicted molar refractivity (Wildman–Crippen MR) is 59.1 cm³/mol. The van der Waals surface area contributed by atoms with Crippen molar-refractivity contribution in [2.24, 2.45) is 0 Å². The van der Waals surface area contributed by atoms with Crippen molar-refractivity contribution in [3.8, 4) is 0 Å². The zero-order chi connectivity index (χ0) is 15.9. The van der Waals surface area contributed by atoms with Crippen LogP contribution in [0.5, 0.6) is 0 Å². The molecule has 1 heterocycles. The number of halogens is 1. The minimum atomic E-state index is -1.82. The Morgan fingerprint density at radius 3 is 1.50 bits per heavy atom. The Labute approximate surface area is 110 Å². The van der Waals surface area contributed by atoms with Gasteiger partial charge in [0.05, 0.1) is 11.1 Å². The summed E-state index contributed by atoms with van der Waals surface area (Å²) in [5.41, 5.74) is -0.273. The van der Waals surface area contributed by atoms with Crippen LogP contribution in [-0.2, 0) is 19.2 Å². The maximum atomic E-state index is 12.2. The van der Waals surface area contributed by atoms with E-state index in [1.54, 1.807) is 0 Å². The van der Waals surface area contributed by atoms with Gasteiger partial charge in [0, 0.05) is 18.8 Å². The molecule has 0 fully saturated rings. The van der Waals surface area contributed by atoms with E-state index in [0.717, 1.165) is 17.3 Å². The fourth-order valence-electron chi connectivity index (χ4n) is 1.06. The number of rotatable bonds is 3. The summed E-state index contributed by atoms with van der Waals surface area (Å²) in [5, 5.41) is 32.0. The Morgan fingerprint density at radius 1 is 0.950 bits per heavy atom. The van der Waals surface area contributed by atoms with Crippen molar-refractivity contribution in [1.29, 1.82) is 0 Å². The second-order valence-corrected chi connectivity index (χ2v) is 3.34. The fourth-order valence-corrected chi connectivity index (χ4v) is 1.06. The van der Waals surface area contributed by atoms with Crippen LogP contribution in [0.3, 0.4) is 0 Å². The van der Waals surface area contributed by atoms with Gasteiger partial charge in [-0.1, -0.05) is 0 Å². The van der Waals surface area contributed by atoms with Gasteiger partial charge >= 0.3 is 23.9 Å². The molecule has 0 radical (unpaired) electrons. The second kappa shape index (κ2) is 7.51. The zero-order valence-electron chi connectivity index (χ0n) is 9.82. The van der Waals surface area contributed by atoms with Gasteiger partial charge in [-0.05, 0) is 0 Å². The Bertz CT molecular complexity index is 453. The summed E-state index contributed by atoms with van der Waals surface area (Å²) in [6, 6.07) is 0. The van der Waals surface area contributed by atoms with E-state index in [1.807, 2.05) is 0 Å². The first-order valence-corrected chi connectivity index (χ1v) is 4.85. The van der Waals surface area contributed by atoms with Crippen molar-refractivity contribution < 1.29 is 44.0 Å². The molecule has 0 amide bonds. The van der Waals surface area contributed by atoms with Crippen molar-refractivity contribution in [3.05, 3.63) is 23.5 Å². The van der Waals surface area contributed by atoms with Crippen LogP contribution < -0.4 is 0 Å². The van der Waals surface area contributed by atoms with E-state index in [9.17, 15) is 14.0 Å². The van der Waals surface area contributed by atoms with Crippen molar-refractivity contribution in [2.75, 3.05) is 6.80 Å². The molecule has 0 saturated heterocycles. The normalized spacial score (nSPS) is 13.3. The van der Waals surface area contributed by atoms with Gasteiger partial charge in [-0.3, -0.25) is 0 Å². The SMILES string of the molecule is O=C(O)C(=O)O.O=C(O)C1=CN(CF)C=C(C(=O)O)C1. The van der Waals surface area contributed by atoms with Crippen LogP contribution in [-0.4, -0.2) is 56.0 Å². The van der Waals surface area contributed by atoms with Gasteiger partial charge in [0.1, 0.15) is 0 Å². The first kappa shape index (κ1) is 17.1. The van der Waals surface area contributed by atoms with Crippen molar-refractivity contribution in [1.82, 2.24) is 4.90 Å². The third-order valence-electron chi connectivity index (χ3n) is 1.89. The van der Waals surface area contributed by atoms with E-state index in [1.165, 1.54) is 0 Å². The molecule has 0 spiro atoms. The van der Waals surface area contributed by atoms with Crippen molar-refractivity contribution >= 4 is 23.9 Å². The first-order chi connectivity index (χ1) is 9.18. The topological polar surface area (TPSA) is 152 Å². The highest BCUT2D eigenvalue weighted by atomic mass is 19.1. The second-order valence-electron chi connectivity index (χ2n) is 3.34. The van der Waals surface area contributed by atoms with Crippen LogP contribution in [0.15, 0.2) is 23.5 Å². The fraction of sp³-hybridized carbons (Fsp3) is 0.200. The van der Waals surface area contributed by atoms with Crippen LogP contribution in [0, 0.1) is 0 Å². The maximum Gasteiger partial charge on any atom is 0.414 e. The average Bonchev–Trinajstić information content (AvgIpc) is 2.38. The van der Waals surface area contributed by atoms with E-state index >= 15 is 0 Å². The van der Waals surface area contributed by atoms with Gasteiger partial charge in [-0.2, -0.15) is 0 Å². The standard InChI is InChI=1S/C8H8FNO4.C2H2O4/c9-4-10-2-5(7(11)12)1-6(3-10)8(13)14;3-1(4)2(5)6/h2-3H,1,4H2,(H,11,12)(H,13,14);(H,3,4)(H,5,6). The van der Waals surface area contributed by atoms with Crippen LogP contribution in [0.2, 0.25) is 0 Å². The molecule has 0 unspecified atom stereocenters. The summed E-state index contributed by atoms with van der Waals surface area (Å²) in [7, 11) is 0. The number of hydrogen-bond donors (Lipinski definition) is 4. The van der Waals surface area contributed by atoms with Crippen LogP contribution in [0.25, 0.3) is 0 Å². The van der Waals surface area contributed by atoms with E-state index < -0.39 is 30.7 Å². The molecule has 1 aliphatic rings. The Balaban J connectivity index is 0.000000511. The van der Waals surface area contributed by atoms with Gasteiger partial charge in [-0.25, -0.2) is 23.6 Å². The molecule has 110 valence electrons. The van der Waals surface area contributed by atoms with Crippen LogP contribution in [0.1, 0.15) is 6.42 Å². The number of carbonyl (C=O) groups is 4. The summed E-state index contributed by atoms with van der Waals surface area (Å²) in [6.45, 7) is -0.951. The average molecular weight is 291 g/mol. The number of aliphatic carboxylic acids is 4. The highest BCUT2D eigenvalue weighted by Crippen LogP contribution is 2.19. The molecule has 1 rings (SSSR count). The van der Waals surface area contributed by atoms with E-state index in [-0.39, 0.29) is 17.6 Å². The summed E-state index contributed by atoms with van der Waals surface area (Å²) in [6.07, 6.45) is 1.96. The molecule has 0 atom stereocenters. The lowest BCUT2D eigenvalue weighted by Crippen LogP contribution is -2.20. The minimum absolute atomic E-state index is 0.137. The lowest BCUT2D eigenvalue weighted by atomic mass is 10.0. The molecule has 4 N–H and O–H groups in total. The summed E-state index contributed by atoms with van der Waals surface area (Å²) in [5.74, 6) is -6.13. The minimum Gasteiger partial charge on any atom is -0.478 e. The lowest BCUT2D eigenvalue weighted by Gasteiger charge is -2.18. The third kappa shape index (κ3) is 5.62. The van der Waals surface area contributed by atoms with E-state index in [2.05, 4.69) is 0 Å². The molecule has 1 aliphatic heterocycles. The summed E-state index contributed by atoms with van der Waals surface area (Å²) >= 11 is 0. The zero-order valence-corrected chi connectivity index (χ0v) is 9.82. The molecular weight excluding hydrogens is 281 g/mol.